The van der Waals surface area contributed by atoms with Crippen LogP contribution in [0.1, 0.15) is 27.6 Å². The summed E-state index contributed by atoms with van der Waals surface area (Å²) in [7, 11) is 0. The summed E-state index contributed by atoms with van der Waals surface area (Å²) in [6.45, 7) is 2.36. The normalized spacial score (nSPS) is 9.95. The molecule has 6 heteroatoms. The number of carbonyl (C=O) groups is 2. The number of rotatable bonds is 4. The van der Waals surface area contributed by atoms with E-state index in [4.69, 9.17) is 0 Å². The van der Waals surface area contributed by atoms with Crippen LogP contribution < -0.4 is 16.2 Å². The topological polar surface area (TPSA) is 91.1 Å². The Morgan fingerprint density at radius 2 is 1.86 bits per heavy atom. The van der Waals surface area contributed by atoms with Crippen molar-refractivity contribution in [3.8, 4) is 0 Å². The molecule has 2 aromatic rings. The van der Waals surface area contributed by atoms with E-state index in [9.17, 15) is 14.4 Å². The lowest BCUT2D eigenvalue weighted by molar-refractivity contribution is 0.0954. The number of nitrogens with one attached hydrogen (secondary N) is 3. The first-order valence-corrected chi connectivity index (χ1v) is 6.48. The highest BCUT2D eigenvalue weighted by Gasteiger charge is 2.09. The maximum Gasteiger partial charge on any atom is 0.255 e. The lowest BCUT2D eigenvalue weighted by Gasteiger charge is -2.07. The van der Waals surface area contributed by atoms with E-state index in [2.05, 4.69) is 15.6 Å². The maximum atomic E-state index is 12.0. The fraction of sp³-hybridized carbons (Fsp3) is 0.133. The molecular weight excluding hydrogens is 270 g/mol. The van der Waals surface area contributed by atoms with Gasteiger partial charge in [-0.05, 0) is 31.2 Å². The summed E-state index contributed by atoms with van der Waals surface area (Å²) in [4.78, 5) is 37.4. The average molecular weight is 285 g/mol. The van der Waals surface area contributed by atoms with Crippen molar-refractivity contribution in [3.05, 3.63) is 64.1 Å². The minimum Gasteiger partial charge on any atom is -0.352 e. The van der Waals surface area contributed by atoms with Crippen LogP contribution in [0.5, 0.6) is 0 Å². The molecule has 0 aliphatic carbocycles. The minimum atomic E-state index is -0.408. The van der Waals surface area contributed by atoms with Gasteiger partial charge in [0.25, 0.3) is 11.8 Å². The van der Waals surface area contributed by atoms with Crippen LogP contribution in [0.15, 0.2) is 47.4 Å². The molecule has 0 saturated heterocycles. The molecule has 2 rings (SSSR count). The minimum absolute atomic E-state index is 0.204. The summed E-state index contributed by atoms with van der Waals surface area (Å²) in [5, 5.41) is 5.34. The number of amides is 2. The van der Waals surface area contributed by atoms with Crippen LogP contribution in [-0.2, 0) is 0 Å². The van der Waals surface area contributed by atoms with Crippen molar-refractivity contribution in [1.82, 2.24) is 10.3 Å². The molecule has 108 valence electrons. The summed E-state index contributed by atoms with van der Waals surface area (Å²) >= 11 is 0. The highest BCUT2D eigenvalue weighted by Crippen LogP contribution is 2.12. The molecule has 21 heavy (non-hydrogen) atoms. The molecular formula is C15H15N3O3. The summed E-state index contributed by atoms with van der Waals surface area (Å²) in [6.07, 6.45) is 1.41. The zero-order valence-electron chi connectivity index (χ0n) is 11.5. The standard InChI is InChI=1S/C15H15N3O3/c1-2-16-14(20)10-4-3-5-12(8-10)18-15(21)11-6-7-17-13(19)9-11/h3-9H,2H2,1H3,(H,16,20)(H,17,19)(H,18,21). The first-order chi connectivity index (χ1) is 10.1. The molecule has 0 spiro atoms. The van der Waals surface area contributed by atoms with Crippen LogP contribution in [0.2, 0.25) is 0 Å². The van der Waals surface area contributed by atoms with E-state index in [1.165, 1.54) is 18.3 Å². The van der Waals surface area contributed by atoms with Crippen LogP contribution in [0, 0.1) is 0 Å². The molecule has 1 heterocycles. The Labute approximate surface area is 121 Å². The van der Waals surface area contributed by atoms with E-state index < -0.39 is 5.91 Å². The second kappa shape index (κ2) is 6.51. The van der Waals surface area contributed by atoms with Crippen LogP contribution in [0.4, 0.5) is 5.69 Å². The van der Waals surface area contributed by atoms with Gasteiger partial charge >= 0.3 is 0 Å². The van der Waals surface area contributed by atoms with Crippen LogP contribution >= 0.6 is 0 Å². The smallest absolute Gasteiger partial charge is 0.255 e. The molecule has 0 bridgehead atoms. The maximum absolute atomic E-state index is 12.0. The third kappa shape index (κ3) is 3.79. The van der Waals surface area contributed by atoms with Gasteiger partial charge in [-0.1, -0.05) is 6.07 Å². The molecule has 2 amide bonds. The van der Waals surface area contributed by atoms with Gasteiger partial charge in [0.15, 0.2) is 0 Å². The second-order valence-electron chi connectivity index (χ2n) is 4.34. The Kier molecular flexibility index (Phi) is 4.50. The fourth-order valence-corrected chi connectivity index (χ4v) is 1.79. The number of aromatic nitrogens is 1. The third-order valence-corrected chi connectivity index (χ3v) is 2.76. The SMILES string of the molecule is CCNC(=O)c1cccc(NC(=O)c2cc[nH]c(=O)c2)c1. The van der Waals surface area contributed by atoms with E-state index >= 15 is 0 Å². The van der Waals surface area contributed by atoms with E-state index in [0.29, 0.717) is 17.8 Å². The predicted octanol–water partition coefficient (Wildman–Crippen LogP) is 1.38. The third-order valence-electron chi connectivity index (χ3n) is 2.76. The number of hydrogen-bond donors (Lipinski definition) is 3. The van der Waals surface area contributed by atoms with E-state index in [1.54, 1.807) is 24.3 Å². The molecule has 0 aliphatic rings. The number of anilines is 1. The van der Waals surface area contributed by atoms with Crippen LogP contribution in [0.3, 0.4) is 0 Å². The number of pyridine rings is 1. The van der Waals surface area contributed by atoms with Crippen molar-refractivity contribution in [3.63, 3.8) is 0 Å². The number of H-pyrrole nitrogens is 1. The Hall–Kier alpha value is -2.89. The van der Waals surface area contributed by atoms with Crippen LogP contribution in [0.25, 0.3) is 0 Å². The van der Waals surface area contributed by atoms with Gasteiger partial charge < -0.3 is 15.6 Å². The lowest BCUT2D eigenvalue weighted by atomic mass is 10.1. The summed E-state index contributed by atoms with van der Waals surface area (Å²) < 4.78 is 0. The Bertz CT molecular complexity index is 722. The molecule has 0 radical (unpaired) electrons. The Morgan fingerprint density at radius 1 is 1.10 bits per heavy atom. The van der Waals surface area contributed by atoms with E-state index in [-0.39, 0.29) is 17.0 Å². The van der Waals surface area contributed by atoms with Crippen molar-refractivity contribution in [2.45, 2.75) is 6.92 Å². The zero-order valence-corrected chi connectivity index (χ0v) is 11.5. The summed E-state index contributed by atoms with van der Waals surface area (Å²) in [5.74, 6) is -0.612. The number of carbonyl (C=O) groups excluding carboxylic acids is 2. The Morgan fingerprint density at radius 3 is 2.57 bits per heavy atom. The highest BCUT2D eigenvalue weighted by molar-refractivity contribution is 6.05. The van der Waals surface area contributed by atoms with Gasteiger partial charge in [-0.2, -0.15) is 0 Å². The predicted molar refractivity (Wildman–Crippen MR) is 79.5 cm³/mol. The fourth-order valence-electron chi connectivity index (χ4n) is 1.79. The molecule has 0 atom stereocenters. The monoisotopic (exact) mass is 285 g/mol. The van der Waals surface area contributed by atoms with Crippen molar-refractivity contribution in [2.75, 3.05) is 11.9 Å². The van der Waals surface area contributed by atoms with E-state index in [0.717, 1.165) is 0 Å². The quantitative estimate of drug-likeness (QED) is 0.792. The average Bonchev–Trinajstić information content (AvgIpc) is 2.48. The first kappa shape index (κ1) is 14.5. The van der Waals surface area contributed by atoms with Crippen molar-refractivity contribution >= 4 is 17.5 Å². The lowest BCUT2D eigenvalue weighted by Crippen LogP contribution is -2.23. The number of hydrogen-bond acceptors (Lipinski definition) is 3. The molecule has 1 aromatic carbocycles. The van der Waals surface area contributed by atoms with Gasteiger partial charge in [0.2, 0.25) is 5.56 Å². The largest absolute Gasteiger partial charge is 0.352 e. The summed E-state index contributed by atoms with van der Waals surface area (Å²) in [6, 6.07) is 9.31. The summed E-state index contributed by atoms with van der Waals surface area (Å²) in [5.41, 5.74) is 0.852. The van der Waals surface area contributed by atoms with Crippen LogP contribution in [-0.4, -0.2) is 23.3 Å². The molecule has 0 aliphatic heterocycles. The highest BCUT2D eigenvalue weighted by atomic mass is 16.2. The van der Waals surface area contributed by atoms with Gasteiger partial charge in [0, 0.05) is 35.6 Å². The van der Waals surface area contributed by atoms with Crippen molar-refractivity contribution < 1.29 is 9.59 Å². The number of aromatic amines is 1. The number of benzene rings is 1. The van der Waals surface area contributed by atoms with Gasteiger partial charge in [0.1, 0.15) is 0 Å². The van der Waals surface area contributed by atoms with Gasteiger partial charge in [0.05, 0.1) is 0 Å². The van der Waals surface area contributed by atoms with Gasteiger partial charge in [-0.3, -0.25) is 14.4 Å². The van der Waals surface area contributed by atoms with Gasteiger partial charge in [-0.15, -0.1) is 0 Å². The molecule has 0 fully saturated rings. The zero-order chi connectivity index (χ0) is 15.2. The van der Waals surface area contributed by atoms with Gasteiger partial charge in [-0.25, -0.2) is 0 Å². The molecule has 6 nitrogen and oxygen atoms in total. The molecule has 1 aromatic heterocycles. The second-order valence-corrected chi connectivity index (χ2v) is 4.34. The molecule has 3 N–H and O–H groups in total. The Balaban J connectivity index is 2.16. The van der Waals surface area contributed by atoms with Crippen molar-refractivity contribution in [2.24, 2.45) is 0 Å². The first-order valence-electron chi connectivity index (χ1n) is 6.48. The molecule has 0 saturated carbocycles. The van der Waals surface area contributed by atoms with Crippen molar-refractivity contribution in [1.29, 1.82) is 0 Å². The van der Waals surface area contributed by atoms with E-state index in [1.807, 2.05) is 6.92 Å². The molecule has 0 unspecified atom stereocenters.